The number of aliphatic imine (C=N–C) groups is 1. The van der Waals surface area contributed by atoms with Crippen molar-refractivity contribution in [3.05, 3.63) is 30.3 Å². The van der Waals surface area contributed by atoms with Crippen molar-refractivity contribution < 1.29 is 9.47 Å². The molecular weight excluding hydrogens is 240 g/mol. The SMILES string of the molecule is NC1=NCC(C(Oc2ccccc2)C2CCCC2)O1. The third kappa shape index (κ3) is 2.83. The van der Waals surface area contributed by atoms with Crippen LogP contribution in [0.25, 0.3) is 0 Å². The maximum atomic E-state index is 6.18. The number of para-hydroxylation sites is 1. The normalized spacial score (nSPS) is 24.8. The molecule has 0 saturated heterocycles. The van der Waals surface area contributed by atoms with E-state index in [1.54, 1.807) is 0 Å². The molecule has 1 fully saturated rings. The number of nitrogens with zero attached hydrogens (tertiary/aromatic N) is 1. The van der Waals surface area contributed by atoms with Crippen molar-refractivity contribution in [2.45, 2.75) is 37.9 Å². The Balaban J connectivity index is 1.72. The van der Waals surface area contributed by atoms with E-state index in [1.165, 1.54) is 25.7 Å². The summed E-state index contributed by atoms with van der Waals surface area (Å²) >= 11 is 0. The van der Waals surface area contributed by atoms with Gasteiger partial charge < -0.3 is 15.2 Å². The van der Waals surface area contributed by atoms with Gasteiger partial charge in [-0.2, -0.15) is 0 Å². The summed E-state index contributed by atoms with van der Waals surface area (Å²) in [5, 5.41) is 0. The molecule has 2 N–H and O–H groups in total. The monoisotopic (exact) mass is 260 g/mol. The molecule has 1 aliphatic heterocycles. The molecule has 1 aromatic rings. The summed E-state index contributed by atoms with van der Waals surface area (Å²) in [6.45, 7) is 0.611. The van der Waals surface area contributed by atoms with E-state index in [0.717, 1.165) is 5.75 Å². The van der Waals surface area contributed by atoms with Crippen molar-refractivity contribution in [1.82, 2.24) is 0 Å². The molecule has 4 heteroatoms. The van der Waals surface area contributed by atoms with Crippen LogP contribution in [0.2, 0.25) is 0 Å². The van der Waals surface area contributed by atoms with E-state index >= 15 is 0 Å². The molecule has 0 radical (unpaired) electrons. The molecule has 4 nitrogen and oxygen atoms in total. The molecule has 0 aromatic heterocycles. The molecule has 0 amide bonds. The molecular formula is C15H20N2O2. The summed E-state index contributed by atoms with van der Waals surface area (Å²) < 4.78 is 11.8. The van der Waals surface area contributed by atoms with Gasteiger partial charge in [-0.3, -0.25) is 0 Å². The zero-order chi connectivity index (χ0) is 13.1. The Morgan fingerprint density at radius 2 is 1.95 bits per heavy atom. The van der Waals surface area contributed by atoms with Crippen LogP contribution in [0.3, 0.4) is 0 Å². The Kier molecular flexibility index (Phi) is 3.58. The Labute approximate surface area is 113 Å². The van der Waals surface area contributed by atoms with Crippen LogP contribution in [0.15, 0.2) is 35.3 Å². The Bertz CT molecular complexity index is 441. The van der Waals surface area contributed by atoms with Crippen LogP contribution in [0.4, 0.5) is 0 Å². The molecule has 1 saturated carbocycles. The van der Waals surface area contributed by atoms with Crippen LogP contribution in [0.1, 0.15) is 25.7 Å². The lowest BCUT2D eigenvalue weighted by atomic mass is 9.96. The number of rotatable bonds is 4. The zero-order valence-electron chi connectivity index (χ0n) is 11.0. The molecule has 3 rings (SSSR count). The van der Waals surface area contributed by atoms with Crippen LogP contribution < -0.4 is 10.5 Å². The quantitative estimate of drug-likeness (QED) is 0.904. The summed E-state index contributed by atoms with van der Waals surface area (Å²) in [4.78, 5) is 4.14. The molecule has 2 atom stereocenters. The molecule has 19 heavy (non-hydrogen) atoms. The van der Waals surface area contributed by atoms with Gasteiger partial charge in [0.1, 0.15) is 11.9 Å². The molecule has 0 bridgehead atoms. The lowest BCUT2D eigenvalue weighted by Crippen LogP contribution is -2.40. The minimum Gasteiger partial charge on any atom is -0.486 e. The predicted octanol–water partition coefficient (Wildman–Crippen LogP) is 2.34. The van der Waals surface area contributed by atoms with Gasteiger partial charge in [0.05, 0.1) is 6.54 Å². The minimum atomic E-state index is -0.0386. The maximum Gasteiger partial charge on any atom is 0.282 e. The third-order valence-electron chi connectivity index (χ3n) is 3.95. The first kappa shape index (κ1) is 12.3. The molecule has 0 spiro atoms. The maximum absolute atomic E-state index is 6.18. The van der Waals surface area contributed by atoms with Crippen molar-refractivity contribution in [3.63, 3.8) is 0 Å². The molecule has 2 unspecified atom stereocenters. The Morgan fingerprint density at radius 1 is 1.21 bits per heavy atom. The first-order chi connectivity index (χ1) is 9.33. The van der Waals surface area contributed by atoms with Gasteiger partial charge in [-0.15, -0.1) is 0 Å². The summed E-state index contributed by atoms with van der Waals surface area (Å²) in [5.74, 6) is 1.44. The second kappa shape index (κ2) is 5.51. The largest absolute Gasteiger partial charge is 0.486 e. The van der Waals surface area contributed by atoms with Gasteiger partial charge in [0.2, 0.25) is 0 Å². The molecule has 102 valence electrons. The minimum absolute atomic E-state index is 0.0386. The first-order valence-corrected chi connectivity index (χ1v) is 7.01. The molecule has 1 aromatic carbocycles. The highest BCUT2D eigenvalue weighted by atomic mass is 16.6. The van der Waals surface area contributed by atoms with E-state index in [2.05, 4.69) is 4.99 Å². The number of benzene rings is 1. The van der Waals surface area contributed by atoms with Gasteiger partial charge in [-0.05, 0) is 30.9 Å². The van der Waals surface area contributed by atoms with E-state index in [0.29, 0.717) is 18.5 Å². The summed E-state index contributed by atoms with van der Waals surface area (Å²) in [6, 6.07) is 10.2. The number of ether oxygens (including phenoxy) is 2. The highest BCUT2D eigenvalue weighted by molar-refractivity contribution is 5.73. The van der Waals surface area contributed by atoms with Crippen molar-refractivity contribution in [1.29, 1.82) is 0 Å². The van der Waals surface area contributed by atoms with Crippen LogP contribution in [0, 0.1) is 5.92 Å². The zero-order valence-corrected chi connectivity index (χ0v) is 11.0. The van der Waals surface area contributed by atoms with E-state index in [1.807, 2.05) is 30.3 Å². The fourth-order valence-corrected chi connectivity index (χ4v) is 3.00. The second-order valence-electron chi connectivity index (χ2n) is 5.28. The van der Waals surface area contributed by atoms with Crippen molar-refractivity contribution in [3.8, 4) is 5.75 Å². The van der Waals surface area contributed by atoms with Crippen molar-refractivity contribution >= 4 is 6.02 Å². The van der Waals surface area contributed by atoms with E-state index in [4.69, 9.17) is 15.2 Å². The lowest BCUT2D eigenvalue weighted by Gasteiger charge is -2.28. The van der Waals surface area contributed by atoms with Gasteiger partial charge in [-0.1, -0.05) is 31.0 Å². The van der Waals surface area contributed by atoms with Gasteiger partial charge in [0, 0.05) is 0 Å². The highest BCUT2D eigenvalue weighted by Crippen LogP contribution is 2.33. The molecule has 1 heterocycles. The number of hydrogen-bond donors (Lipinski definition) is 1. The van der Waals surface area contributed by atoms with Crippen LogP contribution in [-0.2, 0) is 4.74 Å². The van der Waals surface area contributed by atoms with Gasteiger partial charge in [-0.25, -0.2) is 4.99 Å². The standard InChI is InChI=1S/C15H20N2O2/c16-15-17-10-13(19-15)14(11-6-4-5-7-11)18-12-8-2-1-3-9-12/h1-3,8-9,11,13-14H,4-7,10H2,(H2,16,17). The highest BCUT2D eigenvalue weighted by Gasteiger charge is 2.37. The topological polar surface area (TPSA) is 56.8 Å². The van der Waals surface area contributed by atoms with Crippen LogP contribution >= 0.6 is 0 Å². The summed E-state index contributed by atoms with van der Waals surface area (Å²) in [7, 11) is 0. The first-order valence-electron chi connectivity index (χ1n) is 7.01. The van der Waals surface area contributed by atoms with E-state index in [9.17, 15) is 0 Å². The van der Waals surface area contributed by atoms with Crippen LogP contribution in [-0.4, -0.2) is 24.8 Å². The van der Waals surface area contributed by atoms with Crippen LogP contribution in [0.5, 0.6) is 5.75 Å². The second-order valence-corrected chi connectivity index (χ2v) is 5.28. The Hall–Kier alpha value is -1.71. The summed E-state index contributed by atoms with van der Waals surface area (Å²) in [5.41, 5.74) is 5.63. The van der Waals surface area contributed by atoms with Gasteiger partial charge in [0.25, 0.3) is 6.02 Å². The predicted molar refractivity (Wildman–Crippen MR) is 74.2 cm³/mol. The van der Waals surface area contributed by atoms with Crippen molar-refractivity contribution in [2.24, 2.45) is 16.6 Å². The number of amidine groups is 1. The van der Waals surface area contributed by atoms with Gasteiger partial charge in [0.15, 0.2) is 6.10 Å². The summed E-state index contributed by atoms with van der Waals surface area (Å²) in [6.07, 6.45) is 4.98. The van der Waals surface area contributed by atoms with E-state index < -0.39 is 0 Å². The van der Waals surface area contributed by atoms with Gasteiger partial charge >= 0.3 is 0 Å². The fourth-order valence-electron chi connectivity index (χ4n) is 3.00. The molecule has 1 aliphatic carbocycles. The van der Waals surface area contributed by atoms with Crippen molar-refractivity contribution in [2.75, 3.05) is 6.54 Å². The Morgan fingerprint density at radius 3 is 2.58 bits per heavy atom. The smallest absolute Gasteiger partial charge is 0.282 e. The van der Waals surface area contributed by atoms with E-state index in [-0.39, 0.29) is 12.2 Å². The average Bonchev–Trinajstić information content (AvgIpc) is 3.09. The molecule has 2 aliphatic rings. The lowest BCUT2D eigenvalue weighted by molar-refractivity contribution is 0.0248. The third-order valence-corrected chi connectivity index (χ3v) is 3.95. The number of hydrogen-bond acceptors (Lipinski definition) is 4. The fraction of sp³-hybridized carbons (Fsp3) is 0.533. The average molecular weight is 260 g/mol. The number of nitrogens with two attached hydrogens (primary N) is 1.